The fraction of sp³-hybridized carbons (Fsp3) is 0.250. The van der Waals surface area contributed by atoms with E-state index in [0.717, 1.165) is 0 Å². The zero-order valence-corrected chi connectivity index (χ0v) is 11.9. The molecule has 0 bridgehead atoms. The number of ether oxygens (including phenoxy) is 1. The molecule has 0 saturated heterocycles. The summed E-state index contributed by atoms with van der Waals surface area (Å²) in [5.74, 6) is 0.957. The highest BCUT2D eigenvalue weighted by molar-refractivity contribution is 5.89. The molecule has 2 N–H and O–H groups in total. The maximum absolute atomic E-state index is 13.1. The van der Waals surface area contributed by atoms with Crippen LogP contribution in [0, 0.1) is 11.7 Å². The van der Waals surface area contributed by atoms with Gasteiger partial charge in [0.1, 0.15) is 11.6 Å². The van der Waals surface area contributed by atoms with Crippen molar-refractivity contribution in [1.29, 1.82) is 0 Å². The number of hydrogen-bond donors (Lipinski definition) is 2. The van der Waals surface area contributed by atoms with Crippen LogP contribution in [-0.4, -0.2) is 17.6 Å². The molecule has 1 aliphatic rings. The van der Waals surface area contributed by atoms with Gasteiger partial charge in [-0.15, -0.1) is 0 Å². The van der Waals surface area contributed by atoms with Crippen LogP contribution in [0.1, 0.15) is 12.8 Å². The average molecular weight is 301 g/mol. The second-order valence-corrected chi connectivity index (χ2v) is 5.22. The summed E-state index contributed by atoms with van der Waals surface area (Å²) in [6, 6.07) is 8.87. The van der Waals surface area contributed by atoms with E-state index in [1.165, 1.54) is 31.2 Å². The SMILES string of the molecule is O=C(NCC1CC1)Nc1ccc(Oc2cccc(F)c2)nc1. The topological polar surface area (TPSA) is 63.2 Å². The third-order valence-corrected chi connectivity index (χ3v) is 3.26. The number of anilines is 1. The molecule has 6 heteroatoms. The molecule has 1 saturated carbocycles. The highest BCUT2D eigenvalue weighted by Gasteiger charge is 2.21. The van der Waals surface area contributed by atoms with E-state index in [9.17, 15) is 9.18 Å². The molecule has 0 radical (unpaired) electrons. The predicted molar refractivity (Wildman–Crippen MR) is 80.5 cm³/mol. The Labute approximate surface area is 127 Å². The lowest BCUT2D eigenvalue weighted by molar-refractivity contribution is 0.251. The average Bonchev–Trinajstić information content (AvgIpc) is 3.32. The largest absolute Gasteiger partial charge is 0.439 e. The summed E-state index contributed by atoms with van der Waals surface area (Å²) in [4.78, 5) is 15.7. The molecule has 0 atom stereocenters. The Morgan fingerprint density at radius 2 is 2.18 bits per heavy atom. The van der Waals surface area contributed by atoms with Crippen molar-refractivity contribution in [3.05, 3.63) is 48.4 Å². The summed E-state index contributed by atoms with van der Waals surface area (Å²) in [6.45, 7) is 0.708. The highest BCUT2D eigenvalue weighted by Crippen LogP contribution is 2.27. The molecule has 0 aliphatic heterocycles. The third kappa shape index (κ3) is 4.18. The van der Waals surface area contributed by atoms with Gasteiger partial charge in [0.05, 0.1) is 11.9 Å². The smallest absolute Gasteiger partial charge is 0.319 e. The summed E-state index contributed by atoms with van der Waals surface area (Å²) in [7, 11) is 0. The van der Waals surface area contributed by atoms with E-state index in [4.69, 9.17) is 4.74 Å². The van der Waals surface area contributed by atoms with Gasteiger partial charge in [-0.1, -0.05) is 6.07 Å². The second kappa shape index (κ2) is 6.43. The zero-order valence-electron chi connectivity index (χ0n) is 11.9. The van der Waals surface area contributed by atoms with Gasteiger partial charge in [-0.25, -0.2) is 14.2 Å². The van der Waals surface area contributed by atoms with Crippen molar-refractivity contribution in [3.63, 3.8) is 0 Å². The maximum Gasteiger partial charge on any atom is 0.319 e. The summed E-state index contributed by atoms with van der Waals surface area (Å²) >= 11 is 0. The van der Waals surface area contributed by atoms with Gasteiger partial charge in [0, 0.05) is 18.7 Å². The number of pyridine rings is 1. The van der Waals surface area contributed by atoms with Crippen LogP contribution in [0.2, 0.25) is 0 Å². The first kappa shape index (κ1) is 14.3. The Morgan fingerprint density at radius 1 is 1.32 bits per heavy atom. The Kier molecular flexibility index (Phi) is 4.18. The number of urea groups is 1. The van der Waals surface area contributed by atoms with Crippen LogP contribution >= 0.6 is 0 Å². The quantitative estimate of drug-likeness (QED) is 0.887. The number of amides is 2. The summed E-state index contributed by atoms with van der Waals surface area (Å²) < 4.78 is 18.5. The fourth-order valence-electron chi connectivity index (χ4n) is 1.90. The van der Waals surface area contributed by atoms with Gasteiger partial charge < -0.3 is 15.4 Å². The van der Waals surface area contributed by atoms with E-state index < -0.39 is 0 Å². The fourth-order valence-corrected chi connectivity index (χ4v) is 1.90. The van der Waals surface area contributed by atoms with E-state index in [2.05, 4.69) is 15.6 Å². The minimum absolute atomic E-state index is 0.243. The van der Waals surface area contributed by atoms with Crippen molar-refractivity contribution in [2.24, 2.45) is 5.92 Å². The first-order valence-electron chi connectivity index (χ1n) is 7.13. The van der Waals surface area contributed by atoms with E-state index >= 15 is 0 Å². The first-order chi connectivity index (χ1) is 10.7. The molecular weight excluding hydrogens is 285 g/mol. The summed E-state index contributed by atoms with van der Waals surface area (Å²) in [5.41, 5.74) is 0.569. The number of nitrogens with one attached hydrogen (secondary N) is 2. The van der Waals surface area contributed by atoms with Gasteiger partial charge in [0.2, 0.25) is 5.88 Å². The Hall–Kier alpha value is -2.63. The summed E-state index contributed by atoms with van der Waals surface area (Å²) in [5, 5.41) is 5.50. The molecule has 2 amide bonds. The molecule has 2 aromatic rings. The minimum atomic E-state index is -0.372. The van der Waals surface area contributed by atoms with Crippen LogP contribution in [0.15, 0.2) is 42.6 Å². The lowest BCUT2D eigenvalue weighted by Gasteiger charge is -2.08. The van der Waals surface area contributed by atoms with Gasteiger partial charge in [-0.2, -0.15) is 0 Å². The number of carbonyl (C=O) groups excluding carboxylic acids is 1. The second-order valence-electron chi connectivity index (χ2n) is 5.22. The van der Waals surface area contributed by atoms with Crippen molar-refractivity contribution >= 4 is 11.7 Å². The van der Waals surface area contributed by atoms with Crippen molar-refractivity contribution in [2.45, 2.75) is 12.8 Å². The molecule has 1 heterocycles. The Morgan fingerprint density at radius 3 is 2.86 bits per heavy atom. The van der Waals surface area contributed by atoms with Crippen LogP contribution in [0.25, 0.3) is 0 Å². The minimum Gasteiger partial charge on any atom is -0.439 e. The van der Waals surface area contributed by atoms with E-state index in [-0.39, 0.29) is 11.8 Å². The van der Waals surface area contributed by atoms with E-state index in [1.54, 1.807) is 24.3 Å². The predicted octanol–water partition coefficient (Wildman–Crippen LogP) is 3.54. The Balaban J connectivity index is 1.54. The molecule has 1 fully saturated rings. The molecular formula is C16H16FN3O2. The van der Waals surface area contributed by atoms with Crippen LogP contribution in [0.4, 0.5) is 14.9 Å². The molecule has 0 spiro atoms. The van der Waals surface area contributed by atoms with Crippen molar-refractivity contribution in [3.8, 4) is 11.6 Å². The number of benzene rings is 1. The number of aromatic nitrogens is 1. The van der Waals surface area contributed by atoms with Crippen LogP contribution in [0.5, 0.6) is 11.6 Å². The van der Waals surface area contributed by atoms with Crippen molar-refractivity contribution < 1.29 is 13.9 Å². The van der Waals surface area contributed by atoms with Crippen LogP contribution in [-0.2, 0) is 0 Å². The molecule has 22 heavy (non-hydrogen) atoms. The van der Waals surface area contributed by atoms with Crippen molar-refractivity contribution in [1.82, 2.24) is 10.3 Å². The number of carbonyl (C=O) groups is 1. The molecule has 1 aliphatic carbocycles. The van der Waals surface area contributed by atoms with Gasteiger partial charge >= 0.3 is 6.03 Å². The number of rotatable bonds is 5. The van der Waals surface area contributed by atoms with Gasteiger partial charge in [0.15, 0.2) is 0 Å². The molecule has 1 aromatic carbocycles. The monoisotopic (exact) mass is 301 g/mol. The number of nitrogens with zero attached hydrogens (tertiary/aromatic N) is 1. The zero-order chi connectivity index (χ0) is 15.4. The number of halogens is 1. The van der Waals surface area contributed by atoms with E-state index in [0.29, 0.717) is 29.8 Å². The van der Waals surface area contributed by atoms with Crippen molar-refractivity contribution in [2.75, 3.05) is 11.9 Å². The molecule has 1 aromatic heterocycles. The molecule has 3 rings (SSSR count). The van der Waals surface area contributed by atoms with Crippen LogP contribution < -0.4 is 15.4 Å². The molecule has 0 unspecified atom stereocenters. The lowest BCUT2D eigenvalue weighted by atomic mass is 10.3. The van der Waals surface area contributed by atoms with Gasteiger partial charge in [0.25, 0.3) is 0 Å². The normalized spacial score (nSPS) is 13.5. The summed E-state index contributed by atoms with van der Waals surface area (Å²) in [6.07, 6.45) is 3.87. The lowest BCUT2D eigenvalue weighted by Crippen LogP contribution is -2.30. The number of hydrogen-bond acceptors (Lipinski definition) is 3. The Bertz CT molecular complexity index is 657. The molecule has 5 nitrogen and oxygen atoms in total. The maximum atomic E-state index is 13.1. The highest BCUT2D eigenvalue weighted by atomic mass is 19.1. The first-order valence-corrected chi connectivity index (χ1v) is 7.13. The third-order valence-electron chi connectivity index (χ3n) is 3.26. The van der Waals surface area contributed by atoms with E-state index in [1.807, 2.05) is 0 Å². The van der Waals surface area contributed by atoms with Crippen LogP contribution in [0.3, 0.4) is 0 Å². The van der Waals surface area contributed by atoms with Gasteiger partial charge in [-0.05, 0) is 37.0 Å². The molecule has 114 valence electrons. The van der Waals surface area contributed by atoms with Gasteiger partial charge in [-0.3, -0.25) is 0 Å². The standard InChI is InChI=1S/C16H16FN3O2/c17-12-2-1-3-14(8-12)22-15-7-6-13(10-18-15)20-16(21)19-9-11-4-5-11/h1-3,6-8,10-11H,4-5,9H2,(H2,19,20,21).